The lowest BCUT2D eigenvalue weighted by Gasteiger charge is -2.27. The first-order valence-corrected chi connectivity index (χ1v) is 11.8. The molecule has 1 aromatic rings. The molecule has 2 amide bonds. The van der Waals surface area contributed by atoms with Crippen molar-refractivity contribution in [3.05, 3.63) is 11.1 Å². The number of carbonyl (C=O) groups is 4. The Morgan fingerprint density at radius 2 is 1.35 bits per heavy atom. The van der Waals surface area contributed by atoms with Crippen molar-refractivity contribution >= 4 is 40.6 Å². The van der Waals surface area contributed by atoms with E-state index < -0.39 is 46.8 Å². The molecule has 0 aliphatic carbocycles. The molecule has 0 aromatic carbocycles. The van der Waals surface area contributed by atoms with Crippen molar-refractivity contribution < 1.29 is 38.1 Å². The molecule has 1 aromatic heterocycles. The Morgan fingerprint density at radius 3 is 1.76 bits per heavy atom. The summed E-state index contributed by atoms with van der Waals surface area (Å²) >= 11 is 0.924. The van der Waals surface area contributed by atoms with Crippen LogP contribution in [0.3, 0.4) is 0 Å². The van der Waals surface area contributed by atoms with Crippen LogP contribution in [0.4, 0.5) is 14.7 Å². The van der Waals surface area contributed by atoms with Gasteiger partial charge in [0.1, 0.15) is 22.7 Å². The van der Waals surface area contributed by atoms with E-state index in [4.69, 9.17) is 18.9 Å². The molecule has 0 saturated carbocycles. The number of ether oxygens (including phenoxy) is 4. The van der Waals surface area contributed by atoms with Crippen molar-refractivity contribution in [3.8, 4) is 0 Å². The quantitative estimate of drug-likeness (QED) is 0.383. The standard InChI is InChI=1S/C23H36N2O8S/c1-11-30-17(27)14(12-16(26)31-21(2,3)4)15-13-34-18(24-15)25(19(28)32-22(5,6)7)20(29)33-23(8,9)10/h13-14H,11-12H2,1-10H3. The number of aromatic nitrogens is 1. The Morgan fingerprint density at radius 1 is 0.882 bits per heavy atom. The molecule has 0 radical (unpaired) electrons. The van der Waals surface area contributed by atoms with Gasteiger partial charge in [0.15, 0.2) is 0 Å². The van der Waals surface area contributed by atoms with Crippen molar-refractivity contribution in [2.75, 3.05) is 11.5 Å². The minimum absolute atomic E-state index is 0.0722. The molecular formula is C23H36N2O8S. The molecule has 192 valence electrons. The summed E-state index contributed by atoms with van der Waals surface area (Å²) < 4.78 is 21.1. The zero-order valence-electron chi connectivity index (χ0n) is 21.6. The number of carbonyl (C=O) groups excluding carboxylic acids is 4. The first-order valence-electron chi connectivity index (χ1n) is 10.9. The highest BCUT2D eigenvalue weighted by molar-refractivity contribution is 7.14. The van der Waals surface area contributed by atoms with Gasteiger partial charge in [-0.15, -0.1) is 11.3 Å². The molecule has 1 unspecified atom stereocenters. The molecule has 0 bridgehead atoms. The molecule has 11 heteroatoms. The molecule has 1 heterocycles. The molecule has 0 N–H and O–H groups in total. The van der Waals surface area contributed by atoms with Crippen LogP contribution in [-0.2, 0) is 28.5 Å². The average molecular weight is 501 g/mol. The Labute approximate surface area is 204 Å². The number of thiazole rings is 1. The molecule has 0 aliphatic rings. The van der Waals surface area contributed by atoms with E-state index in [9.17, 15) is 19.2 Å². The van der Waals surface area contributed by atoms with Crippen molar-refractivity contribution in [3.63, 3.8) is 0 Å². The lowest BCUT2D eigenvalue weighted by molar-refractivity contribution is -0.159. The summed E-state index contributed by atoms with van der Waals surface area (Å²) in [6.45, 7) is 16.8. The summed E-state index contributed by atoms with van der Waals surface area (Å²) in [7, 11) is 0. The van der Waals surface area contributed by atoms with Crippen LogP contribution in [0.2, 0.25) is 0 Å². The summed E-state index contributed by atoms with van der Waals surface area (Å²) in [6, 6.07) is 0. The van der Waals surface area contributed by atoms with E-state index in [0.29, 0.717) is 4.90 Å². The van der Waals surface area contributed by atoms with Crippen molar-refractivity contribution in [1.29, 1.82) is 0 Å². The predicted octanol–water partition coefficient (Wildman–Crippen LogP) is 5.20. The van der Waals surface area contributed by atoms with Crippen LogP contribution in [0.15, 0.2) is 5.38 Å². The van der Waals surface area contributed by atoms with E-state index in [1.54, 1.807) is 69.2 Å². The smallest absolute Gasteiger partial charge is 0.426 e. The monoisotopic (exact) mass is 500 g/mol. The molecule has 34 heavy (non-hydrogen) atoms. The molecule has 0 fully saturated rings. The van der Waals surface area contributed by atoms with Gasteiger partial charge in [0, 0.05) is 5.38 Å². The third-order valence-electron chi connectivity index (χ3n) is 3.57. The average Bonchev–Trinajstić information content (AvgIpc) is 3.04. The van der Waals surface area contributed by atoms with Gasteiger partial charge in [0.2, 0.25) is 5.13 Å². The van der Waals surface area contributed by atoms with Gasteiger partial charge >= 0.3 is 24.1 Å². The SMILES string of the molecule is CCOC(=O)C(CC(=O)OC(C)(C)C)c1csc(N(C(=O)OC(C)(C)C)C(=O)OC(C)(C)C)n1. The van der Waals surface area contributed by atoms with Crippen LogP contribution in [-0.4, -0.2) is 52.5 Å². The van der Waals surface area contributed by atoms with Crippen LogP contribution < -0.4 is 4.90 Å². The van der Waals surface area contributed by atoms with Crippen LogP contribution in [0.1, 0.15) is 87.3 Å². The van der Waals surface area contributed by atoms with Crippen LogP contribution in [0.25, 0.3) is 0 Å². The van der Waals surface area contributed by atoms with Crippen molar-refractivity contribution in [1.82, 2.24) is 4.98 Å². The Bertz CT molecular complexity index is 862. The number of hydrogen-bond acceptors (Lipinski definition) is 10. The third kappa shape index (κ3) is 10.1. The summed E-state index contributed by atoms with van der Waals surface area (Å²) in [5, 5.41) is 1.40. The Hall–Kier alpha value is -2.69. The fourth-order valence-electron chi connectivity index (χ4n) is 2.49. The lowest BCUT2D eigenvalue weighted by atomic mass is 10.0. The van der Waals surface area contributed by atoms with Crippen LogP contribution >= 0.6 is 11.3 Å². The summed E-state index contributed by atoms with van der Waals surface area (Å²) in [5.74, 6) is -2.37. The van der Waals surface area contributed by atoms with Gasteiger partial charge in [-0.1, -0.05) is 0 Å². The van der Waals surface area contributed by atoms with Gasteiger partial charge in [0.25, 0.3) is 0 Å². The molecule has 0 saturated heterocycles. The van der Waals surface area contributed by atoms with Gasteiger partial charge in [-0.25, -0.2) is 14.6 Å². The Kier molecular flexibility index (Phi) is 9.63. The zero-order chi connectivity index (χ0) is 26.5. The molecule has 10 nitrogen and oxygen atoms in total. The lowest BCUT2D eigenvalue weighted by Crippen LogP contribution is -2.43. The summed E-state index contributed by atoms with van der Waals surface area (Å²) in [5.41, 5.74) is -2.36. The van der Waals surface area contributed by atoms with E-state index >= 15 is 0 Å². The van der Waals surface area contributed by atoms with Gasteiger partial charge in [0.05, 0.1) is 18.7 Å². The topological polar surface area (TPSA) is 121 Å². The number of amides is 2. The number of imide groups is 1. The highest BCUT2D eigenvalue weighted by Gasteiger charge is 2.36. The molecule has 0 spiro atoms. The van der Waals surface area contributed by atoms with Crippen LogP contribution in [0.5, 0.6) is 0 Å². The maximum atomic E-state index is 12.8. The third-order valence-corrected chi connectivity index (χ3v) is 4.42. The molecule has 1 atom stereocenters. The second kappa shape index (κ2) is 11.2. The first-order chi connectivity index (χ1) is 15.3. The predicted molar refractivity (Wildman–Crippen MR) is 127 cm³/mol. The minimum atomic E-state index is -1.08. The Balaban J connectivity index is 3.35. The van der Waals surface area contributed by atoms with E-state index in [1.807, 2.05) is 0 Å². The van der Waals surface area contributed by atoms with E-state index in [0.717, 1.165) is 11.3 Å². The maximum absolute atomic E-state index is 12.8. The zero-order valence-corrected chi connectivity index (χ0v) is 22.5. The van der Waals surface area contributed by atoms with E-state index in [1.165, 1.54) is 5.38 Å². The molecular weight excluding hydrogens is 464 g/mol. The van der Waals surface area contributed by atoms with Gasteiger partial charge < -0.3 is 18.9 Å². The number of anilines is 1. The number of rotatable bonds is 6. The number of nitrogens with zero attached hydrogens (tertiary/aromatic N) is 2. The summed E-state index contributed by atoms with van der Waals surface area (Å²) in [6.07, 6.45) is -2.29. The molecule has 0 aliphatic heterocycles. The van der Waals surface area contributed by atoms with Crippen molar-refractivity contribution in [2.45, 2.75) is 98.4 Å². The second-order valence-corrected chi connectivity index (χ2v) is 11.3. The largest absolute Gasteiger partial charge is 0.465 e. The molecule has 1 rings (SSSR count). The fraction of sp³-hybridized carbons (Fsp3) is 0.696. The highest BCUT2D eigenvalue weighted by atomic mass is 32.1. The van der Waals surface area contributed by atoms with Crippen LogP contribution in [0, 0.1) is 0 Å². The summed E-state index contributed by atoms with van der Waals surface area (Å²) in [4.78, 5) is 55.7. The minimum Gasteiger partial charge on any atom is -0.465 e. The van der Waals surface area contributed by atoms with E-state index in [2.05, 4.69) is 4.98 Å². The maximum Gasteiger partial charge on any atom is 0.426 e. The fourth-order valence-corrected chi connectivity index (χ4v) is 3.34. The second-order valence-electron chi connectivity index (χ2n) is 10.4. The highest BCUT2D eigenvalue weighted by Crippen LogP contribution is 2.31. The van der Waals surface area contributed by atoms with Gasteiger partial charge in [-0.2, -0.15) is 4.90 Å². The van der Waals surface area contributed by atoms with Gasteiger partial charge in [-0.05, 0) is 69.2 Å². The van der Waals surface area contributed by atoms with Gasteiger partial charge in [-0.3, -0.25) is 9.59 Å². The first kappa shape index (κ1) is 29.3. The van der Waals surface area contributed by atoms with E-state index in [-0.39, 0.29) is 23.9 Å². The normalized spacial score (nSPS) is 13.0. The number of hydrogen-bond donors (Lipinski definition) is 0. The van der Waals surface area contributed by atoms with Crippen molar-refractivity contribution in [2.24, 2.45) is 0 Å². The number of esters is 2.